The predicted octanol–water partition coefficient (Wildman–Crippen LogP) is 1.53. The van der Waals surface area contributed by atoms with Crippen LogP contribution in [0.15, 0.2) is 6.20 Å². The minimum Gasteiger partial charge on any atom is -0.372 e. The Morgan fingerprint density at radius 3 is 3.07 bits per heavy atom. The molecule has 3 heterocycles. The van der Waals surface area contributed by atoms with Gasteiger partial charge in [-0.3, -0.25) is 0 Å². The van der Waals surface area contributed by atoms with Gasteiger partial charge >= 0.3 is 0 Å². The maximum absolute atomic E-state index is 6.04. The van der Waals surface area contributed by atoms with Gasteiger partial charge in [-0.25, -0.2) is 4.98 Å². The SMILES string of the molecule is NC1CCCc2nc(C3CCCO3)cn21. The summed E-state index contributed by atoms with van der Waals surface area (Å²) in [5, 5.41) is 0. The zero-order valence-electron chi connectivity index (χ0n) is 8.85. The molecule has 0 spiro atoms. The summed E-state index contributed by atoms with van der Waals surface area (Å²) in [6.07, 6.45) is 7.96. The maximum atomic E-state index is 6.04. The molecule has 1 saturated heterocycles. The van der Waals surface area contributed by atoms with E-state index in [0.29, 0.717) is 0 Å². The molecule has 0 amide bonds. The summed E-state index contributed by atoms with van der Waals surface area (Å²) in [5.74, 6) is 1.14. The summed E-state index contributed by atoms with van der Waals surface area (Å²) >= 11 is 0. The average molecular weight is 207 g/mol. The zero-order valence-corrected chi connectivity index (χ0v) is 8.85. The summed E-state index contributed by atoms with van der Waals surface area (Å²) in [7, 11) is 0. The molecule has 2 N–H and O–H groups in total. The van der Waals surface area contributed by atoms with Gasteiger partial charge < -0.3 is 15.0 Å². The topological polar surface area (TPSA) is 53.1 Å². The minimum absolute atomic E-state index is 0.122. The lowest BCUT2D eigenvalue weighted by Gasteiger charge is -2.20. The van der Waals surface area contributed by atoms with E-state index >= 15 is 0 Å². The van der Waals surface area contributed by atoms with Gasteiger partial charge in [-0.05, 0) is 25.7 Å². The van der Waals surface area contributed by atoms with E-state index in [1.807, 2.05) is 0 Å². The van der Waals surface area contributed by atoms with Crippen LogP contribution in [0.25, 0.3) is 0 Å². The monoisotopic (exact) mass is 207 g/mol. The molecule has 15 heavy (non-hydrogen) atoms. The van der Waals surface area contributed by atoms with Crippen molar-refractivity contribution in [2.24, 2.45) is 5.73 Å². The lowest BCUT2D eigenvalue weighted by Crippen LogP contribution is -2.24. The van der Waals surface area contributed by atoms with Crippen molar-refractivity contribution in [2.75, 3.05) is 6.61 Å². The van der Waals surface area contributed by atoms with E-state index in [1.165, 1.54) is 0 Å². The van der Waals surface area contributed by atoms with Crippen LogP contribution >= 0.6 is 0 Å². The number of rotatable bonds is 1. The first-order valence-corrected chi connectivity index (χ1v) is 5.79. The lowest BCUT2D eigenvalue weighted by atomic mass is 10.1. The molecule has 2 unspecified atom stereocenters. The number of nitrogens with two attached hydrogens (primary N) is 1. The number of fused-ring (bicyclic) bond motifs is 1. The molecule has 0 radical (unpaired) electrons. The van der Waals surface area contributed by atoms with Crippen molar-refractivity contribution >= 4 is 0 Å². The van der Waals surface area contributed by atoms with Crippen LogP contribution < -0.4 is 5.73 Å². The number of hydrogen-bond acceptors (Lipinski definition) is 3. The van der Waals surface area contributed by atoms with Crippen LogP contribution in [0.1, 0.15) is 49.5 Å². The normalized spacial score (nSPS) is 30.5. The molecule has 1 aromatic heterocycles. The van der Waals surface area contributed by atoms with Crippen LogP contribution in [-0.4, -0.2) is 16.2 Å². The van der Waals surface area contributed by atoms with E-state index in [1.54, 1.807) is 0 Å². The fourth-order valence-electron chi connectivity index (χ4n) is 2.50. The Hall–Kier alpha value is -0.870. The fourth-order valence-corrected chi connectivity index (χ4v) is 2.50. The van der Waals surface area contributed by atoms with Crippen LogP contribution in [0, 0.1) is 0 Å². The third-order valence-electron chi connectivity index (χ3n) is 3.34. The van der Waals surface area contributed by atoms with Gasteiger partial charge in [-0.2, -0.15) is 0 Å². The number of nitrogens with zero attached hydrogens (tertiary/aromatic N) is 2. The molecule has 0 aliphatic carbocycles. The molecule has 82 valence electrons. The Labute approximate surface area is 89.4 Å². The fraction of sp³-hybridized carbons (Fsp3) is 0.727. The molecule has 0 aromatic carbocycles. The number of imidazole rings is 1. The summed E-state index contributed by atoms with van der Waals surface area (Å²) in [5.41, 5.74) is 7.12. The first kappa shape index (κ1) is 9.36. The number of hydrogen-bond donors (Lipinski definition) is 1. The molecule has 0 bridgehead atoms. The summed E-state index contributed by atoms with van der Waals surface area (Å²) < 4.78 is 7.76. The Bertz CT molecular complexity index is 355. The molecular formula is C11H17N3O. The number of aryl methyl sites for hydroxylation is 1. The summed E-state index contributed by atoms with van der Waals surface area (Å²) in [6.45, 7) is 0.874. The van der Waals surface area contributed by atoms with Gasteiger partial charge in [-0.15, -0.1) is 0 Å². The Kier molecular flexibility index (Phi) is 2.25. The van der Waals surface area contributed by atoms with Gasteiger partial charge in [0.2, 0.25) is 0 Å². The second-order valence-electron chi connectivity index (χ2n) is 4.45. The molecule has 4 nitrogen and oxygen atoms in total. The number of ether oxygens (including phenoxy) is 1. The van der Waals surface area contributed by atoms with Crippen molar-refractivity contribution in [1.82, 2.24) is 9.55 Å². The second-order valence-corrected chi connectivity index (χ2v) is 4.45. The largest absolute Gasteiger partial charge is 0.372 e. The standard InChI is InChI=1S/C11H17N3O/c12-10-4-1-5-11-13-8(7-14(10)11)9-3-2-6-15-9/h7,9-10H,1-6,12H2. The van der Waals surface area contributed by atoms with Crippen LogP contribution in [0.5, 0.6) is 0 Å². The Balaban J connectivity index is 1.90. The van der Waals surface area contributed by atoms with E-state index < -0.39 is 0 Å². The molecule has 2 aliphatic heterocycles. The Morgan fingerprint density at radius 1 is 1.40 bits per heavy atom. The third-order valence-corrected chi connectivity index (χ3v) is 3.34. The molecule has 2 atom stereocenters. The second kappa shape index (κ2) is 3.61. The van der Waals surface area contributed by atoms with E-state index in [2.05, 4.69) is 15.7 Å². The van der Waals surface area contributed by atoms with Crippen molar-refractivity contribution in [1.29, 1.82) is 0 Å². The van der Waals surface area contributed by atoms with E-state index in [4.69, 9.17) is 10.5 Å². The molecule has 1 aromatic rings. The highest BCUT2D eigenvalue weighted by molar-refractivity contribution is 5.11. The first-order chi connectivity index (χ1) is 7.34. The van der Waals surface area contributed by atoms with Gasteiger partial charge in [0.05, 0.1) is 11.9 Å². The van der Waals surface area contributed by atoms with Gasteiger partial charge in [0.15, 0.2) is 0 Å². The highest BCUT2D eigenvalue weighted by atomic mass is 16.5. The van der Waals surface area contributed by atoms with Crippen molar-refractivity contribution in [3.8, 4) is 0 Å². The van der Waals surface area contributed by atoms with Gasteiger partial charge in [0.25, 0.3) is 0 Å². The smallest absolute Gasteiger partial charge is 0.110 e. The highest BCUT2D eigenvalue weighted by Gasteiger charge is 2.24. The molecule has 0 saturated carbocycles. The van der Waals surface area contributed by atoms with E-state index in [9.17, 15) is 0 Å². The minimum atomic E-state index is 0.122. The van der Waals surface area contributed by atoms with E-state index in [-0.39, 0.29) is 12.3 Å². The van der Waals surface area contributed by atoms with Crippen molar-refractivity contribution in [3.05, 3.63) is 17.7 Å². The first-order valence-electron chi connectivity index (χ1n) is 5.79. The quantitative estimate of drug-likeness (QED) is 0.759. The molecule has 4 heteroatoms. The van der Waals surface area contributed by atoms with Crippen LogP contribution in [0.3, 0.4) is 0 Å². The van der Waals surface area contributed by atoms with Gasteiger partial charge in [0, 0.05) is 19.2 Å². The highest BCUT2D eigenvalue weighted by Crippen LogP contribution is 2.30. The van der Waals surface area contributed by atoms with Crippen LogP contribution in [0.2, 0.25) is 0 Å². The third kappa shape index (κ3) is 1.58. The van der Waals surface area contributed by atoms with Crippen molar-refractivity contribution in [2.45, 2.75) is 44.4 Å². The number of aromatic nitrogens is 2. The lowest BCUT2D eigenvalue weighted by molar-refractivity contribution is 0.109. The van der Waals surface area contributed by atoms with Gasteiger partial charge in [0.1, 0.15) is 11.9 Å². The average Bonchev–Trinajstić information content (AvgIpc) is 2.86. The Morgan fingerprint density at radius 2 is 2.33 bits per heavy atom. The molecular weight excluding hydrogens is 190 g/mol. The summed E-state index contributed by atoms with van der Waals surface area (Å²) in [6, 6.07) is 0. The van der Waals surface area contributed by atoms with E-state index in [0.717, 1.165) is 50.2 Å². The predicted molar refractivity (Wildman–Crippen MR) is 56.3 cm³/mol. The molecule has 1 fully saturated rings. The molecule has 3 rings (SSSR count). The van der Waals surface area contributed by atoms with Gasteiger partial charge in [-0.1, -0.05) is 0 Å². The van der Waals surface area contributed by atoms with Crippen molar-refractivity contribution < 1.29 is 4.74 Å². The maximum Gasteiger partial charge on any atom is 0.110 e. The summed E-state index contributed by atoms with van der Waals surface area (Å²) in [4.78, 5) is 4.64. The van der Waals surface area contributed by atoms with Crippen LogP contribution in [0.4, 0.5) is 0 Å². The van der Waals surface area contributed by atoms with Crippen LogP contribution in [-0.2, 0) is 11.2 Å². The molecule has 2 aliphatic rings. The zero-order chi connectivity index (χ0) is 10.3. The van der Waals surface area contributed by atoms with Crippen molar-refractivity contribution in [3.63, 3.8) is 0 Å².